The molecule has 1 N–H and O–H groups in total. The normalized spacial score (nSPS) is 10.7. The molecule has 2 aromatic rings. The fourth-order valence-corrected chi connectivity index (χ4v) is 1.90. The van der Waals surface area contributed by atoms with Gasteiger partial charge in [0.05, 0.1) is 0 Å². The highest BCUT2D eigenvalue weighted by Crippen LogP contribution is 2.11. The summed E-state index contributed by atoms with van der Waals surface area (Å²) in [5.41, 5.74) is 4.28. The lowest BCUT2D eigenvalue weighted by Gasteiger charge is -2.04. The molecule has 2 nitrogen and oxygen atoms in total. The second kappa shape index (κ2) is 6.71. The van der Waals surface area contributed by atoms with Gasteiger partial charge in [-0.25, -0.2) is 0 Å². The summed E-state index contributed by atoms with van der Waals surface area (Å²) in [4.78, 5) is 11.9. The molecule has 0 radical (unpaired) electrons. The third kappa shape index (κ3) is 4.09. The van der Waals surface area contributed by atoms with Crippen molar-refractivity contribution in [3.8, 4) is 0 Å². The topological polar surface area (TPSA) is 29.1 Å². The SMILES string of the molecule is CCc1cccc(NC(=O)/C=C/c2ccc(C)cc2)c1. The second-order valence-corrected chi connectivity index (χ2v) is 4.79. The van der Waals surface area contributed by atoms with Crippen LogP contribution in [0.3, 0.4) is 0 Å². The summed E-state index contributed by atoms with van der Waals surface area (Å²) in [7, 11) is 0. The molecule has 0 aromatic heterocycles. The number of hydrogen-bond donors (Lipinski definition) is 1. The number of carbonyl (C=O) groups excluding carboxylic acids is 1. The summed E-state index contributed by atoms with van der Waals surface area (Å²) < 4.78 is 0. The molecule has 0 aliphatic rings. The number of anilines is 1. The van der Waals surface area contributed by atoms with Crippen molar-refractivity contribution < 1.29 is 4.79 Å². The van der Waals surface area contributed by atoms with Gasteiger partial charge in [0.1, 0.15) is 0 Å². The minimum Gasteiger partial charge on any atom is -0.323 e. The Bertz CT molecular complexity index is 612. The van der Waals surface area contributed by atoms with Crippen molar-refractivity contribution in [2.45, 2.75) is 20.3 Å². The Morgan fingerprint density at radius 3 is 2.60 bits per heavy atom. The molecule has 0 atom stereocenters. The number of hydrogen-bond acceptors (Lipinski definition) is 1. The molecule has 0 aliphatic carbocycles. The zero-order valence-electron chi connectivity index (χ0n) is 11.9. The summed E-state index contributed by atoms with van der Waals surface area (Å²) in [6.45, 7) is 4.14. The van der Waals surface area contributed by atoms with Crippen LogP contribution in [0.4, 0.5) is 5.69 Å². The molecule has 2 heteroatoms. The average molecular weight is 265 g/mol. The highest BCUT2D eigenvalue weighted by atomic mass is 16.1. The Balaban J connectivity index is 1.99. The smallest absolute Gasteiger partial charge is 0.248 e. The Hall–Kier alpha value is -2.35. The van der Waals surface area contributed by atoms with E-state index < -0.39 is 0 Å². The lowest BCUT2D eigenvalue weighted by molar-refractivity contribution is -0.111. The number of nitrogens with one attached hydrogen (secondary N) is 1. The van der Waals surface area contributed by atoms with Crippen molar-refractivity contribution in [3.05, 3.63) is 71.3 Å². The van der Waals surface area contributed by atoms with E-state index in [2.05, 4.69) is 18.3 Å². The largest absolute Gasteiger partial charge is 0.323 e. The molecular formula is C18H19NO. The van der Waals surface area contributed by atoms with Gasteiger partial charge in [-0.3, -0.25) is 4.79 Å². The van der Waals surface area contributed by atoms with Crippen molar-refractivity contribution >= 4 is 17.7 Å². The molecule has 0 aliphatic heterocycles. The summed E-state index contributed by atoms with van der Waals surface area (Å²) in [6, 6.07) is 16.0. The van der Waals surface area contributed by atoms with Crippen molar-refractivity contribution in [2.24, 2.45) is 0 Å². The molecule has 0 heterocycles. The van der Waals surface area contributed by atoms with Crippen LogP contribution in [-0.4, -0.2) is 5.91 Å². The monoisotopic (exact) mass is 265 g/mol. The Labute approximate surface area is 120 Å². The molecule has 2 rings (SSSR count). The van der Waals surface area contributed by atoms with E-state index in [0.29, 0.717) is 0 Å². The first kappa shape index (κ1) is 14.1. The first-order valence-electron chi connectivity index (χ1n) is 6.82. The van der Waals surface area contributed by atoms with Gasteiger partial charge in [-0.2, -0.15) is 0 Å². The van der Waals surface area contributed by atoms with E-state index in [1.165, 1.54) is 11.1 Å². The predicted octanol–water partition coefficient (Wildman–Crippen LogP) is 4.21. The van der Waals surface area contributed by atoms with E-state index in [-0.39, 0.29) is 5.91 Å². The first-order chi connectivity index (χ1) is 9.67. The minimum absolute atomic E-state index is 0.112. The summed E-state index contributed by atoms with van der Waals surface area (Å²) in [5, 5.41) is 2.87. The molecule has 0 fully saturated rings. The average Bonchev–Trinajstić information content (AvgIpc) is 2.47. The quantitative estimate of drug-likeness (QED) is 0.824. The molecule has 0 unspecified atom stereocenters. The predicted molar refractivity (Wildman–Crippen MR) is 84.7 cm³/mol. The Morgan fingerprint density at radius 1 is 1.15 bits per heavy atom. The maximum Gasteiger partial charge on any atom is 0.248 e. The van der Waals surface area contributed by atoms with E-state index >= 15 is 0 Å². The second-order valence-electron chi connectivity index (χ2n) is 4.79. The number of amides is 1. The molecule has 102 valence electrons. The van der Waals surface area contributed by atoms with Gasteiger partial charge in [0.15, 0.2) is 0 Å². The van der Waals surface area contributed by atoms with Crippen LogP contribution in [0, 0.1) is 6.92 Å². The molecule has 0 saturated heterocycles. The Kier molecular flexibility index (Phi) is 4.72. The highest BCUT2D eigenvalue weighted by Gasteiger charge is 1.98. The number of aryl methyl sites for hydroxylation is 2. The van der Waals surface area contributed by atoms with Gasteiger partial charge >= 0.3 is 0 Å². The molecule has 2 aromatic carbocycles. The maximum absolute atomic E-state index is 11.9. The molecule has 0 spiro atoms. The maximum atomic E-state index is 11.9. The molecule has 1 amide bonds. The van der Waals surface area contributed by atoms with Crippen molar-refractivity contribution in [1.29, 1.82) is 0 Å². The van der Waals surface area contributed by atoms with Crippen LogP contribution in [0.5, 0.6) is 0 Å². The van der Waals surface area contributed by atoms with Crippen molar-refractivity contribution in [2.75, 3.05) is 5.32 Å². The van der Waals surface area contributed by atoms with Crippen LogP contribution in [0.2, 0.25) is 0 Å². The highest BCUT2D eigenvalue weighted by molar-refractivity contribution is 6.01. The van der Waals surface area contributed by atoms with E-state index in [4.69, 9.17) is 0 Å². The Morgan fingerprint density at radius 2 is 1.90 bits per heavy atom. The minimum atomic E-state index is -0.112. The third-order valence-corrected chi connectivity index (χ3v) is 3.11. The lowest BCUT2D eigenvalue weighted by atomic mass is 10.1. The van der Waals surface area contributed by atoms with Crippen LogP contribution in [0.15, 0.2) is 54.6 Å². The van der Waals surface area contributed by atoms with Crippen molar-refractivity contribution in [1.82, 2.24) is 0 Å². The van der Waals surface area contributed by atoms with Gasteiger partial charge in [0.2, 0.25) is 5.91 Å². The third-order valence-electron chi connectivity index (χ3n) is 3.11. The van der Waals surface area contributed by atoms with Crippen LogP contribution < -0.4 is 5.32 Å². The van der Waals surface area contributed by atoms with Crippen LogP contribution in [0.25, 0.3) is 6.08 Å². The molecule has 0 bridgehead atoms. The van der Waals surface area contributed by atoms with Gasteiger partial charge in [-0.1, -0.05) is 48.9 Å². The van der Waals surface area contributed by atoms with Gasteiger partial charge in [-0.15, -0.1) is 0 Å². The van der Waals surface area contributed by atoms with Crippen molar-refractivity contribution in [3.63, 3.8) is 0 Å². The van der Waals surface area contributed by atoms with Gasteiger partial charge in [0, 0.05) is 11.8 Å². The van der Waals surface area contributed by atoms with Crippen LogP contribution in [-0.2, 0) is 11.2 Å². The standard InChI is InChI=1S/C18H19NO/c1-3-15-5-4-6-17(13-15)19-18(20)12-11-16-9-7-14(2)8-10-16/h4-13H,3H2,1-2H3,(H,19,20)/b12-11+. The lowest BCUT2D eigenvalue weighted by Crippen LogP contribution is -2.07. The summed E-state index contributed by atoms with van der Waals surface area (Å²) in [6.07, 6.45) is 4.34. The van der Waals surface area contributed by atoms with Gasteiger partial charge < -0.3 is 5.32 Å². The van der Waals surface area contributed by atoms with E-state index in [9.17, 15) is 4.79 Å². The van der Waals surface area contributed by atoms with Crippen LogP contribution >= 0.6 is 0 Å². The zero-order chi connectivity index (χ0) is 14.4. The van der Waals surface area contributed by atoms with Crippen LogP contribution in [0.1, 0.15) is 23.6 Å². The van der Waals surface area contributed by atoms with Gasteiger partial charge in [-0.05, 0) is 42.7 Å². The van der Waals surface area contributed by atoms with E-state index in [0.717, 1.165) is 17.7 Å². The first-order valence-corrected chi connectivity index (χ1v) is 6.82. The molecular weight excluding hydrogens is 246 g/mol. The molecule has 0 saturated carbocycles. The van der Waals surface area contributed by atoms with Gasteiger partial charge in [0.25, 0.3) is 0 Å². The molecule has 20 heavy (non-hydrogen) atoms. The number of rotatable bonds is 4. The fourth-order valence-electron chi connectivity index (χ4n) is 1.90. The number of benzene rings is 2. The number of carbonyl (C=O) groups is 1. The van der Waals surface area contributed by atoms with E-state index in [1.54, 1.807) is 6.08 Å². The summed E-state index contributed by atoms with van der Waals surface area (Å²) >= 11 is 0. The summed E-state index contributed by atoms with van der Waals surface area (Å²) in [5.74, 6) is -0.112. The fraction of sp³-hybridized carbons (Fsp3) is 0.167. The van der Waals surface area contributed by atoms with E-state index in [1.807, 2.05) is 55.5 Å². The zero-order valence-corrected chi connectivity index (χ0v) is 11.9.